The van der Waals surface area contributed by atoms with Crippen LogP contribution >= 0.6 is 34.5 Å². The number of carbonyl (C=O) groups excluding carboxylic acids is 1. The summed E-state index contributed by atoms with van der Waals surface area (Å²) < 4.78 is 5.13. The summed E-state index contributed by atoms with van der Waals surface area (Å²) >= 11 is 13.3. The van der Waals surface area contributed by atoms with Crippen LogP contribution in [0.1, 0.15) is 22.3 Å². The second kappa shape index (κ2) is 6.39. The maximum atomic E-state index is 12.3. The van der Waals surface area contributed by atoms with Gasteiger partial charge in [0.05, 0.1) is 17.2 Å². The quantitative estimate of drug-likeness (QED) is 0.928. The molecule has 0 aliphatic carbocycles. The summed E-state index contributed by atoms with van der Waals surface area (Å²) in [5, 5.41) is 12.3. The van der Waals surface area contributed by atoms with Crippen LogP contribution in [0.15, 0.2) is 12.1 Å². The molecule has 1 aromatic heterocycles. The van der Waals surface area contributed by atoms with E-state index in [-0.39, 0.29) is 16.3 Å². The van der Waals surface area contributed by atoms with Gasteiger partial charge in [0, 0.05) is 0 Å². The van der Waals surface area contributed by atoms with E-state index in [0.29, 0.717) is 10.2 Å². The molecule has 0 spiro atoms. The number of hydrogen-bond donors (Lipinski definition) is 1. The van der Waals surface area contributed by atoms with E-state index < -0.39 is 5.91 Å². The number of aryl methyl sites for hydroxylation is 1. The van der Waals surface area contributed by atoms with Crippen molar-refractivity contribution in [3.63, 3.8) is 0 Å². The third-order valence-corrected chi connectivity index (χ3v) is 4.08. The molecule has 1 aromatic carbocycles. The molecule has 1 amide bonds. The number of methoxy groups -OCH3 is 1. The standard InChI is InChI=1S/C12H11Cl2N3O2S/c1-3-8-16-17-12(20-8)15-11(18)9-6(13)4-5-7(14)10(9)19-2/h4-5H,3H2,1-2H3,(H,15,17,18). The van der Waals surface area contributed by atoms with E-state index in [0.717, 1.165) is 11.4 Å². The van der Waals surface area contributed by atoms with Gasteiger partial charge in [-0.15, -0.1) is 10.2 Å². The second-order valence-electron chi connectivity index (χ2n) is 3.75. The Morgan fingerprint density at radius 3 is 2.65 bits per heavy atom. The molecule has 20 heavy (non-hydrogen) atoms. The van der Waals surface area contributed by atoms with E-state index >= 15 is 0 Å². The van der Waals surface area contributed by atoms with Crippen LogP contribution in [-0.2, 0) is 6.42 Å². The number of ether oxygens (including phenoxy) is 1. The van der Waals surface area contributed by atoms with Gasteiger partial charge in [0.15, 0.2) is 5.75 Å². The molecule has 2 rings (SSSR count). The third kappa shape index (κ3) is 3.03. The van der Waals surface area contributed by atoms with Crippen molar-refractivity contribution >= 4 is 45.6 Å². The molecule has 0 fully saturated rings. The Morgan fingerprint density at radius 2 is 2.05 bits per heavy atom. The molecular weight excluding hydrogens is 321 g/mol. The fraction of sp³-hybridized carbons (Fsp3) is 0.250. The third-order valence-electron chi connectivity index (χ3n) is 2.48. The van der Waals surface area contributed by atoms with Gasteiger partial charge in [0.1, 0.15) is 10.6 Å². The first kappa shape index (κ1) is 15.0. The van der Waals surface area contributed by atoms with Crippen molar-refractivity contribution in [2.24, 2.45) is 0 Å². The fourth-order valence-corrected chi connectivity index (χ4v) is 2.69. The SMILES string of the molecule is CCc1nnc(NC(=O)c2c(Cl)ccc(Cl)c2OC)s1. The monoisotopic (exact) mass is 331 g/mol. The topological polar surface area (TPSA) is 64.1 Å². The zero-order chi connectivity index (χ0) is 14.7. The Bertz CT molecular complexity index is 646. The first-order chi connectivity index (χ1) is 9.56. The maximum Gasteiger partial charge on any atom is 0.262 e. The molecule has 0 aliphatic heterocycles. The molecule has 0 bridgehead atoms. The number of rotatable bonds is 4. The molecule has 0 atom stereocenters. The molecule has 1 heterocycles. The molecular formula is C12H11Cl2N3O2S. The first-order valence-electron chi connectivity index (χ1n) is 5.72. The van der Waals surface area contributed by atoms with Gasteiger partial charge in [-0.1, -0.05) is 41.5 Å². The second-order valence-corrected chi connectivity index (χ2v) is 5.62. The Kier molecular flexibility index (Phi) is 4.80. The van der Waals surface area contributed by atoms with E-state index in [1.807, 2.05) is 6.92 Å². The average Bonchev–Trinajstić information content (AvgIpc) is 2.88. The van der Waals surface area contributed by atoms with Gasteiger partial charge in [0.2, 0.25) is 5.13 Å². The van der Waals surface area contributed by atoms with E-state index in [1.165, 1.54) is 18.4 Å². The Morgan fingerprint density at radius 1 is 1.35 bits per heavy atom. The Hall–Kier alpha value is -1.37. The van der Waals surface area contributed by atoms with Gasteiger partial charge >= 0.3 is 0 Å². The largest absolute Gasteiger partial charge is 0.494 e. The normalized spacial score (nSPS) is 10.4. The lowest BCUT2D eigenvalue weighted by Gasteiger charge is -2.11. The maximum absolute atomic E-state index is 12.3. The van der Waals surface area contributed by atoms with Crippen molar-refractivity contribution in [2.75, 3.05) is 12.4 Å². The van der Waals surface area contributed by atoms with Crippen LogP contribution in [0.3, 0.4) is 0 Å². The van der Waals surface area contributed by atoms with Crippen LogP contribution in [-0.4, -0.2) is 23.2 Å². The summed E-state index contributed by atoms with van der Waals surface area (Å²) in [4.78, 5) is 12.3. The highest BCUT2D eigenvalue weighted by atomic mass is 35.5. The van der Waals surface area contributed by atoms with Crippen molar-refractivity contribution in [3.05, 3.63) is 32.7 Å². The summed E-state index contributed by atoms with van der Waals surface area (Å²) in [6.45, 7) is 1.96. The number of aromatic nitrogens is 2. The molecule has 0 saturated heterocycles. The number of benzene rings is 1. The van der Waals surface area contributed by atoms with E-state index in [2.05, 4.69) is 15.5 Å². The van der Waals surface area contributed by atoms with Gasteiger partial charge in [-0.2, -0.15) is 0 Å². The van der Waals surface area contributed by atoms with E-state index in [1.54, 1.807) is 12.1 Å². The molecule has 106 valence electrons. The molecule has 0 saturated carbocycles. The number of anilines is 1. The lowest BCUT2D eigenvalue weighted by molar-refractivity contribution is 0.102. The van der Waals surface area contributed by atoms with Crippen molar-refractivity contribution in [1.29, 1.82) is 0 Å². The summed E-state index contributed by atoms with van der Waals surface area (Å²) in [6, 6.07) is 3.11. The van der Waals surface area contributed by atoms with Gasteiger partial charge in [-0.05, 0) is 18.6 Å². The van der Waals surface area contributed by atoms with Gasteiger partial charge in [-0.3, -0.25) is 10.1 Å². The number of amides is 1. The predicted octanol–water partition coefficient (Wildman–Crippen LogP) is 3.67. The smallest absolute Gasteiger partial charge is 0.262 e. The van der Waals surface area contributed by atoms with Crippen LogP contribution in [0, 0.1) is 0 Å². The fourth-order valence-electron chi connectivity index (χ4n) is 1.55. The zero-order valence-corrected chi connectivity index (χ0v) is 13.1. The zero-order valence-electron chi connectivity index (χ0n) is 10.7. The number of carbonyl (C=O) groups is 1. The van der Waals surface area contributed by atoms with Crippen LogP contribution in [0.5, 0.6) is 5.75 Å². The minimum absolute atomic E-state index is 0.176. The molecule has 0 unspecified atom stereocenters. The highest BCUT2D eigenvalue weighted by Crippen LogP contribution is 2.34. The summed E-state index contributed by atoms with van der Waals surface area (Å²) in [7, 11) is 1.43. The lowest BCUT2D eigenvalue weighted by atomic mass is 10.2. The van der Waals surface area contributed by atoms with Gasteiger partial charge in [0.25, 0.3) is 5.91 Å². The molecule has 2 aromatic rings. The average molecular weight is 332 g/mol. The lowest BCUT2D eigenvalue weighted by Crippen LogP contribution is -2.14. The van der Waals surface area contributed by atoms with Crippen LogP contribution in [0.2, 0.25) is 10.0 Å². The molecule has 1 N–H and O–H groups in total. The molecule has 5 nitrogen and oxygen atoms in total. The Labute approximate surface area is 129 Å². The van der Waals surface area contributed by atoms with Crippen molar-refractivity contribution in [3.8, 4) is 5.75 Å². The summed E-state index contributed by atoms with van der Waals surface area (Å²) in [6.07, 6.45) is 0.759. The molecule has 0 aliphatic rings. The van der Waals surface area contributed by atoms with E-state index in [4.69, 9.17) is 27.9 Å². The minimum Gasteiger partial charge on any atom is -0.494 e. The predicted molar refractivity (Wildman–Crippen MR) is 80.3 cm³/mol. The number of nitrogens with one attached hydrogen (secondary N) is 1. The van der Waals surface area contributed by atoms with Gasteiger partial charge in [-0.25, -0.2) is 0 Å². The van der Waals surface area contributed by atoms with E-state index in [9.17, 15) is 4.79 Å². The summed E-state index contributed by atoms with van der Waals surface area (Å²) in [5.74, 6) is -0.204. The van der Waals surface area contributed by atoms with Crippen molar-refractivity contribution in [1.82, 2.24) is 10.2 Å². The first-order valence-corrected chi connectivity index (χ1v) is 7.29. The van der Waals surface area contributed by atoms with Crippen LogP contribution < -0.4 is 10.1 Å². The van der Waals surface area contributed by atoms with Crippen molar-refractivity contribution < 1.29 is 9.53 Å². The molecule has 8 heteroatoms. The van der Waals surface area contributed by atoms with Crippen LogP contribution in [0.4, 0.5) is 5.13 Å². The number of halogens is 2. The Balaban J connectivity index is 2.31. The molecule has 0 radical (unpaired) electrons. The minimum atomic E-state index is -0.437. The summed E-state index contributed by atoms with van der Waals surface area (Å²) in [5.41, 5.74) is 0.176. The number of nitrogens with zero attached hydrogens (tertiary/aromatic N) is 2. The number of hydrogen-bond acceptors (Lipinski definition) is 5. The van der Waals surface area contributed by atoms with Crippen molar-refractivity contribution in [2.45, 2.75) is 13.3 Å². The highest BCUT2D eigenvalue weighted by Gasteiger charge is 2.20. The van der Waals surface area contributed by atoms with Crippen LogP contribution in [0.25, 0.3) is 0 Å². The van der Waals surface area contributed by atoms with Gasteiger partial charge < -0.3 is 4.74 Å². The highest BCUT2D eigenvalue weighted by molar-refractivity contribution is 7.15.